The standard InChI is InChI=1S/C11H22F3NO2/c1-4-16-10(17-5-2)6-8-15(3)9-7-11(12,13)14/h10H,4-9H2,1-3H3. The predicted octanol–water partition coefficient (Wildman–Crippen LogP) is 2.66. The third-order valence-corrected chi connectivity index (χ3v) is 2.23. The van der Waals surface area contributed by atoms with Crippen LogP contribution in [-0.4, -0.2) is 50.7 Å². The van der Waals surface area contributed by atoms with E-state index in [1.54, 1.807) is 11.9 Å². The van der Waals surface area contributed by atoms with E-state index in [1.165, 1.54) is 0 Å². The fourth-order valence-electron chi connectivity index (χ4n) is 1.34. The predicted molar refractivity (Wildman–Crippen MR) is 59.8 cm³/mol. The monoisotopic (exact) mass is 257 g/mol. The van der Waals surface area contributed by atoms with Gasteiger partial charge in [-0.2, -0.15) is 13.2 Å². The van der Waals surface area contributed by atoms with Gasteiger partial charge < -0.3 is 14.4 Å². The normalized spacial score (nSPS) is 12.7. The minimum atomic E-state index is -4.09. The third kappa shape index (κ3) is 10.5. The maximum absolute atomic E-state index is 12.0. The number of hydrogen-bond acceptors (Lipinski definition) is 3. The number of alkyl halides is 3. The summed E-state index contributed by atoms with van der Waals surface area (Å²) in [6.07, 6.45) is -4.61. The molecular weight excluding hydrogens is 235 g/mol. The molecule has 0 atom stereocenters. The highest BCUT2D eigenvalue weighted by Crippen LogP contribution is 2.19. The van der Waals surface area contributed by atoms with E-state index in [0.717, 1.165) is 0 Å². The molecule has 0 aromatic heterocycles. The van der Waals surface area contributed by atoms with Crippen molar-refractivity contribution in [3.63, 3.8) is 0 Å². The van der Waals surface area contributed by atoms with Crippen molar-refractivity contribution in [2.45, 2.75) is 39.2 Å². The molecule has 0 saturated carbocycles. The highest BCUT2D eigenvalue weighted by atomic mass is 19.4. The molecule has 0 bridgehead atoms. The van der Waals surface area contributed by atoms with E-state index in [1.807, 2.05) is 13.8 Å². The molecule has 0 fully saturated rings. The van der Waals surface area contributed by atoms with Crippen molar-refractivity contribution in [2.75, 3.05) is 33.4 Å². The lowest BCUT2D eigenvalue weighted by Crippen LogP contribution is -2.29. The summed E-state index contributed by atoms with van der Waals surface area (Å²) in [5.41, 5.74) is 0. The fraction of sp³-hybridized carbons (Fsp3) is 1.00. The van der Waals surface area contributed by atoms with Crippen molar-refractivity contribution in [1.82, 2.24) is 4.90 Å². The summed E-state index contributed by atoms with van der Waals surface area (Å²) in [6, 6.07) is 0. The minimum absolute atomic E-state index is 0.00840. The lowest BCUT2D eigenvalue weighted by Gasteiger charge is -2.21. The molecule has 0 aliphatic rings. The molecule has 17 heavy (non-hydrogen) atoms. The second-order valence-corrected chi connectivity index (χ2v) is 3.80. The zero-order valence-corrected chi connectivity index (χ0v) is 10.7. The van der Waals surface area contributed by atoms with Crippen LogP contribution in [0.1, 0.15) is 26.7 Å². The van der Waals surface area contributed by atoms with Crippen LogP contribution in [0, 0.1) is 0 Å². The molecular formula is C11H22F3NO2. The lowest BCUT2D eigenvalue weighted by atomic mass is 10.3. The Balaban J connectivity index is 3.75. The van der Waals surface area contributed by atoms with Crippen LogP contribution in [0.25, 0.3) is 0 Å². The molecule has 6 heteroatoms. The van der Waals surface area contributed by atoms with Gasteiger partial charge in [0.05, 0.1) is 6.42 Å². The Morgan fingerprint density at radius 1 is 1.06 bits per heavy atom. The zero-order chi connectivity index (χ0) is 13.3. The number of halogens is 3. The van der Waals surface area contributed by atoms with Gasteiger partial charge in [0.1, 0.15) is 0 Å². The summed E-state index contributed by atoms with van der Waals surface area (Å²) >= 11 is 0. The van der Waals surface area contributed by atoms with Crippen LogP contribution in [0.2, 0.25) is 0 Å². The molecule has 0 aromatic carbocycles. The summed E-state index contributed by atoms with van der Waals surface area (Å²) in [6.45, 7) is 5.34. The highest BCUT2D eigenvalue weighted by molar-refractivity contribution is 4.58. The molecule has 0 radical (unpaired) electrons. The summed E-state index contributed by atoms with van der Waals surface area (Å²) in [4.78, 5) is 1.64. The van der Waals surface area contributed by atoms with Crippen LogP contribution >= 0.6 is 0 Å². The van der Waals surface area contributed by atoms with Gasteiger partial charge in [0.2, 0.25) is 0 Å². The van der Waals surface area contributed by atoms with Crippen LogP contribution in [0.15, 0.2) is 0 Å². The quantitative estimate of drug-likeness (QED) is 0.593. The van der Waals surface area contributed by atoms with E-state index in [-0.39, 0.29) is 12.8 Å². The van der Waals surface area contributed by atoms with E-state index in [0.29, 0.717) is 26.2 Å². The summed E-state index contributed by atoms with van der Waals surface area (Å²) in [7, 11) is 1.67. The Bertz CT molecular complexity index is 182. The van der Waals surface area contributed by atoms with Gasteiger partial charge in [-0.1, -0.05) is 0 Å². The van der Waals surface area contributed by atoms with Crippen molar-refractivity contribution in [3.8, 4) is 0 Å². The second kappa shape index (κ2) is 8.72. The Labute approximate surface area is 101 Å². The van der Waals surface area contributed by atoms with Gasteiger partial charge >= 0.3 is 6.18 Å². The molecule has 0 heterocycles. The van der Waals surface area contributed by atoms with E-state index < -0.39 is 12.6 Å². The largest absolute Gasteiger partial charge is 0.390 e. The first-order chi connectivity index (χ1) is 7.89. The first-order valence-electron chi connectivity index (χ1n) is 5.87. The molecule has 0 saturated heterocycles. The van der Waals surface area contributed by atoms with E-state index in [4.69, 9.17) is 9.47 Å². The molecule has 104 valence electrons. The van der Waals surface area contributed by atoms with Crippen LogP contribution < -0.4 is 0 Å². The van der Waals surface area contributed by atoms with Gasteiger partial charge in [-0.3, -0.25) is 0 Å². The summed E-state index contributed by atoms with van der Waals surface area (Å²) in [5, 5.41) is 0. The minimum Gasteiger partial charge on any atom is -0.353 e. The molecule has 0 spiro atoms. The average Bonchev–Trinajstić information content (AvgIpc) is 2.23. The van der Waals surface area contributed by atoms with Crippen molar-refractivity contribution < 1.29 is 22.6 Å². The number of nitrogens with zero attached hydrogens (tertiary/aromatic N) is 1. The van der Waals surface area contributed by atoms with Crippen molar-refractivity contribution in [3.05, 3.63) is 0 Å². The molecule has 3 nitrogen and oxygen atoms in total. The molecule has 0 aromatic rings. The second-order valence-electron chi connectivity index (χ2n) is 3.80. The number of rotatable bonds is 9. The molecule has 0 unspecified atom stereocenters. The van der Waals surface area contributed by atoms with Crippen molar-refractivity contribution in [1.29, 1.82) is 0 Å². The van der Waals surface area contributed by atoms with E-state index in [2.05, 4.69) is 0 Å². The zero-order valence-electron chi connectivity index (χ0n) is 10.7. The van der Waals surface area contributed by atoms with Crippen LogP contribution in [0.5, 0.6) is 0 Å². The smallest absolute Gasteiger partial charge is 0.353 e. The van der Waals surface area contributed by atoms with Gasteiger partial charge in [-0.25, -0.2) is 0 Å². The SMILES string of the molecule is CCOC(CCN(C)CCC(F)(F)F)OCC. The maximum atomic E-state index is 12.0. The Morgan fingerprint density at radius 3 is 2.00 bits per heavy atom. The maximum Gasteiger partial charge on any atom is 0.390 e. The van der Waals surface area contributed by atoms with Crippen LogP contribution in [0.3, 0.4) is 0 Å². The summed E-state index contributed by atoms with van der Waals surface area (Å²) in [5.74, 6) is 0. The van der Waals surface area contributed by atoms with Gasteiger partial charge in [-0.05, 0) is 20.9 Å². The fourth-order valence-corrected chi connectivity index (χ4v) is 1.34. The lowest BCUT2D eigenvalue weighted by molar-refractivity contribution is -0.145. The molecule has 0 aliphatic carbocycles. The van der Waals surface area contributed by atoms with E-state index >= 15 is 0 Å². The number of hydrogen-bond donors (Lipinski definition) is 0. The van der Waals surface area contributed by atoms with Gasteiger partial charge in [-0.15, -0.1) is 0 Å². The molecule has 0 aliphatic heterocycles. The van der Waals surface area contributed by atoms with Crippen LogP contribution in [-0.2, 0) is 9.47 Å². The topological polar surface area (TPSA) is 21.7 Å². The molecule has 0 rings (SSSR count). The Morgan fingerprint density at radius 2 is 1.59 bits per heavy atom. The third-order valence-electron chi connectivity index (χ3n) is 2.23. The molecule has 0 amide bonds. The van der Waals surface area contributed by atoms with Gasteiger partial charge in [0.25, 0.3) is 0 Å². The van der Waals surface area contributed by atoms with Crippen LogP contribution in [0.4, 0.5) is 13.2 Å². The van der Waals surface area contributed by atoms with Crippen molar-refractivity contribution in [2.24, 2.45) is 0 Å². The number of ether oxygens (including phenoxy) is 2. The van der Waals surface area contributed by atoms with Gasteiger partial charge in [0.15, 0.2) is 6.29 Å². The van der Waals surface area contributed by atoms with E-state index in [9.17, 15) is 13.2 Å². The van der Waals surface area contributed by atoms with Gasteiger partial charge in [0, 0.05) is 32.7 Å². The Kier molecular flexibility index (Phi) is 8.55. The first-order valence-corrected chi connectivity index (χ1v) is 5.87. The highest BCUT2D eigenvalue weighted by Gasteiger charge is 2.27. The van der Waals surface area contributed by atoms with Crippen molar-refractivity contribution >= 4 is 0 Å². The average molecular weight is 257 g/mol. The Hall–Kier alpha value is -0.330. The first kappa shape index (κ1) is 16.7. The summed E-state index contributed by atoms with van der Waals surface area (Å²) < 4.78 is 46.6. The molecule has 0 N–H and O–H groups in total.